The summed E-state index contributed by atoms with van der Waals surface area (Å²) < 4.78 is 8.15. The second-order valence-corrected chi connectivity index (χ2v) is 13.8. The molecule has 0 saturated heterocycles. The number of fused-ring (bicyclic) bond motifs is 2. The van der Waals surface area contributed by atoms with E-state index in [1.807, 2.05) is 0 Å². The number of allylic oxidation sites excluding steroid dienone is 2. The molecule has 6 rings (SSSR count). The molecule has 4 aromatic rings. The number of halogens is 2. The molecule has 0 aromatic heterocycles. The Hall–Kier alpha value is -2.31. The fraction of sp³-hybridized carbons (Fsp3) is 0.0645. The van der Waals surface area contributed by atoms with Gasteiger partial charge in [0.25, 0.3) is 0 Å². The van der Waals surface area contributed by atoms with Crippen molar-refractivity contribution in [2.75, 3.05) is 0 Å². The summed E-state index contributed by atoms with van der Waals surface area (Å²) >= 11 is -2.39. The molecule has 166 valence electrons. The van der Waals surface area contributed by atoms with E-state index in [-0.39, 0.29) is 24.8 Å². The first-order valence-corrected chi connectivity index (χ1v) is 15.4. The molecule has 0 amide bonds. The topological polar surface area (TPSA) is 0 Å². The number of rotatable bonds is 4. The Kier molecular flexibility index (Phi) is 7.68. The van der Waals surface area contributed by atoms with E-state index in [1.54, 1.807) is 6.56 Å². The summed E-state index contributed by atoms with van der Waals surface area (Å²) in [6.07, 6.45) is 4.95. The molecule has 2 unspecified atom stereocenters. The van der Waals surface area contributed by atoms with Gasteiger partial charge in [0.15, 0.2) is 0 Å². The molecule has 0 saturated carbocycles. The van der Waals surface area contributed by atoms with E-state index in [4.69, 9.17) is 4.21 Å². The van der Waals surface area contributed by atoms with Crippen LogP contribution in [0.1, 0.15) is 45.2 Å². The summed E-state index contributed by atoms with van der Waals surface area (Å²) in [6, 6.07) is 39.8. The summed E-state index contributed by atoms with van der Waals surface area (Å²) in [5.74, 6) is 0.667. The Morgan fingerprint density at radius 3 is 1.24 bits per heavy atom. The van der Waals surface area contributed by atoms with E-state index in [0.717, 1.165) is 0 Å². The third-order valence-corrected chi connectivity index (χ3v) is 12.4. The molecule has 4 aromatic carbocycles. The van der Waals surface area contributed by atoms with Gasteiger partial charge in [0.05, 0.1) is 0 Å². The molecule has 0 N–H and O–H groups in total. The van der Waals surface area contributed by atoms with Crippen molar-refractivity contribution < 1.29 is 46.1 Å². The van der Waals surface area contributed by atoms with Crippen LogP contribution in [0.15, 0.2) is 116 Å². The van der Waals surface area contributed by atoms with Gasteiger partial charge in [-0.1, -0.05) is 0 Å². The van der Waals surface area contributed by atoms with Gasteiger partial charge in [0, 0.05) is 0 Å². The van der Waals surface area contributed by atoms with Crippen LogP contribution in [0.5, 0.6) is 0 Å². The molecule has 0 aliphatic heterocycles. The van der Waals surface area contributed by atoms with Crippen molar-refractivity contribution in [2.24, 2.45) is 0 Å². The third kappa shape index (κ3) is 4.27. The third-order valence-electron chi connectivity index (χ3n) is 6.82. The fourth-order valence-electron chi connectivity index (χ4n) is 5.35. The van der Waals surface area contributed by atoms with Gasteiger partial charge < -0.3 is 24.8 Å². The average Bonchev–Trinajstić information content (AvgIpc) is 3.44. The Balaban J connectivity index is 0.00000137. The minimum absolute atomic E-state index is 0. The van der Waals surface area contributed by atoms with E-state index in [9.17, 15) is 0 Å². The molecular formula is C31H24Cl2Zr. The average molecular weight is 559 g/mol. The Morgan fingerprint density at radius 2 is 0.824 bits per heavy atom. The summed E-state index contributed by atoms with van der Waals surface area (Å²) in [5, 5.41) is 0. The Morgan fingerprint density at radius 1 is 0.471 bits per heavy atom. The maximum Gasteiger partial charge on any atom is -1.00 e. The molecule has 0 radical (unpaired) electrons. The van der Waals surface area contributed by atoms with Gasteiger partial charge in [-0.15, -0.1) is 0 Å². The molecule has 0 spiro atoms. The number of benzene rings is 4. The fourth-order valence-corrected chi connectivity index (χ4v) is 11.1. The standard InChI is InChI=1S/2C15H11.CH2.2ClH.Zr/c2*1-2-6-12(7-3-1)15-11-10-13-8-4-5-9-14(13)15;;;;/h2*1-10,15H;1H2;2*1H;/q;;;;;+2/p-2. The van der Waals surface area contributed by atoms with Crippen molar-refractivity contribution in [3.05, 3.63) is 149 Å². The zero-order valence-corrected chi connectivity index (χ0v) is 22.6. The van der Waals surface area contributed by atoms with Crippen LogP contribution in [0.25, 0.3) is 12.2 Å². The van der Waals surface area contributed by atoms with Crippen molar-refractivity contribution >= 4 is 16.4 Å². The first-order valence-electron chi connectivity index (χ1n) is 11.2. The second kappa shape index (κ2) is 10.5. The van der Waals surface area contributed by atoms with Gasteiger partial charge in [-0.05, 0) is 0 Å². The van der Waals surface area contributed by atoms with E-state index < -0.39 is 21.3 Å². The van der Waals surface area contributed by atoms with E-state index >= 15 is 0 Å². The van der Waals surface area contributed by atoms with Crippen LogP contribution in [-0.4, -0.2) is 4.21 Å². The van der Waals surface area contributed by atoms with Crippen LogP contribution < -0.4 is 24.8 Å². The normalized spacial score (nSPS) is 17.1. The van der Waals surface area contributed by atoms with Crippen molar-refractivity contribution in [1.29, 1.82) is 0 Å². The number of hydrogen-bond donors (Lipinski definition) is 0. The van der Waals surface area contributed by atoms with Gasteiger partial charge in [0.2, 0.25) is 0 Å². The van der Waals surface area contributed by atoms with Gasteiger partial charge in [-0.25, -0.2) is 0 Å². The minimum Gasteiger partial charge on any atom is -1.00 e. The maximum atomic E-state index is 4.98. The first kappa shape index (κ1) is 24.8. The molecule has 0 bridgehead atoms. The second-order valence-electron chi connectivity index (χ2n) is 8.62. The van der Waals surface area contributed by atoms with Crippen LogP contribution in [-0.2, 0) is 21.3 Å². The van der Waals surface area contributed by atoms with Crippen molar-refractivity contribution in [3.8, 4) is 0 Å². The molecule has 34 heavy (non-hydrogen) atoms. The minimum atomic E-state index is -2.39. The summed E-state index contributed by atoms with van der Waals surface area (Å²) in [4.78, 5) is 0. The summed E-state index contributed by atoms with van der Waals surface area (Å²) in [6.45, 7) is 0. The zero-order valence-electron chi connectivity index (χ0n) is 18.7. The zero-order chi connectivity index (χ0) is 21.5. The van der Waals surface area contributed by atoms with E-state index in [2.05, 4.69) is 121 Å². The predicted octanol–water partition coefficient (Wildman–Crippen LogP) is 1.42. The van der Waals surface area contributed by atoms with Gasteiger partial charge in [-0.2, -0.15) is 0 Å². The Labute approximate surface area is 222 Å². The molecule has 2 aliphatic carbocycles. The largest absolute Gasteiger partial charge is 1.00 e. The van der Waals surface area contributed by atoms with Crippen LogP contribution in [0, 0.1) is 0 Å². The predicted molar refractivity (Wildman–Crippen MR) is 133 cm³/mol. The molecule has 0 fully saturated rings. The van der Waals surface area contributed by atoms with Crippen LogP contribution in [0.3, 0.4) is 0 Å². The maximum absolute atomic E-state index is 4.98. The van der Waals surface area contributed by atoms with Crippen LogP contribution in [0.2, 0.25) is 0 Å². The molecule has 2 atom stereocenters. The molecular weight excluding hydrogens is 534 g/mol. The van der Waals surface area contributed by atoms with Gasteiger partial charge >= 0.3 is 199 Å². The molecule has 3 heteroatoms. The first-order chi connectivity index (χ1) is 15.8. The van der Waals surface area contributed by atoms with Gasteiger partial charge in [-0.3, -0.25) is 0 Å². The molecule has 0 nitrogen and oxygen atoms in total. The van der Waals surface area contributed by atoms with E-state index in [0.29, 0.717) is 11.8 Å². The number of hydrogen-bond acceptors (Lipinski definition) is 0. The van der Waals surface area contributed by atoms with E-state index in [1.165, 1.54) is 33.4 Å². The van der Waals surface area contributed by atoms with Gasteiger partial charge in [0.1, 0.15) is 0 Å². The Bertz CT molecular complexity index is 1280. The van der Waals surface area contributed by atoms with Crippen LogP contribution >= 0.6 is 0 Å². The quantitative estimate of drug-likeness (QED) is 0.356. The van der Waals surface area contributed by atoms with Crippen LogP contribution in [0.4, 0.5) is 0 Å². The molecule has 0 heterocycles. The summed E-state index contributed by atoms with van der Waals surface area (Å²) in [5.41, 5.74) is 8.37. The summed E-state index contributed by atoms with van der Waals surface area (Å²) in [7, 11) is 0. The van der Waals surface area contributed by atoms with Crippen molar-refractivity contribution in [2.45, 2.75) is 11.8 Å². The SMILES string of the molecule is [CH2]=[Zr+2]([C]1=Cc2ccccc2C1c1ccccc1)[C]1=Cc2ccccc2C1c1ccccc1.[Cl-].[Cl-]. The smallest absolute Gasteiger partial charge is 1.00 e. The van der Waals surface area contributed by atoms with Crippen molar-refractivity contribution in [3.63, 3.8) is 0 Å². The monoisotopic (exact) mass is 556 g/mol. The van der Waals surface area contributed by atoms with Crippen molar-refractivity contribution in [1.82, 2.24) is 0 Å². The molecule has 2 aliphatic rings.